The molecular weight excluding hydrogens is 370 g/mol. The Hall–Kier alpha value is -2.38. The molecule has 1 saturated carbocycles. The molecule has 2 aliphatic rings. The van der Waals surface area contributed by atoms with Crippen molar-refractivity contribution in [3.8, 4) is 17.6 Å². The second kappa shape index (κ2) is 8.16. The number of rotatable bonds is 6. The van der Waals surface area contributed by atoms with Crippen molar-refractivity contribution in [3.05, 3.63) is 41.6 Å². The Morgan fingerprint density at radius 1 is 1.07 bits per heavy atom. The van der Waals surface area contributed by atoms with Crippen LogP contribution >= 0.6 is 0 Å². The molecule has 0 radical (unpaired) electrons. The Balaban J connectivity index is 1.62. The summed E-state index contributed by atoms with van der Waals surface area (Å²) in [5.74, 6) is 1.49. The maximum absolute atomic E-state index is 11.9. The first-order valence-electron chi connectivity index (χ1n) is 10.1. The van der Waals surface area contributed by atoms with Crippen LogP contribution in [0.25, 0.3) is 0 Å². The summed E-state index contributed by atoms with van der Waals surface area (Å²) in [4.78, 5) is 11.0. The van der Waals surface area contributed by atoms with Crippen LogP contribution in [0.3, 0.4) is 0 Å². The van der Waals surface area contributed by atoms with Crippen molar-refractivity contribution in [2.24, 2.45) is 11.8 Å². The molecule has 7 nitrogen and oxygen atoms in total. The van der Waals surface area contributed by atoms with Gasteiger partial charge in [-0.15, -0.1) is 0 Å². The van der Waals surface area contributed by atoms with E-state index in [1.807, 2.05) is 18.2 Å². The van der Waals surface area contributed by atoms with Crippen molar-refractivity contribution >= 4 is 0 Å². The molecule has 3 atom stereocenters. The number of para-hydroxylation sites is 1. The third kappa shape index (κ3) is 3.53. The number of benzene rings is 1. The van der Waals surface area contributed by atoms with Crippen LogP contribution in [0.15, 0.2) is 30.5 Å². The fourth-order valence-corrected chi connectivity index (χ4v) is 5.07. The summed E-state index contributed by atoms with van der Waals surface area (Å²) in [5, 5.41) is 11.9. The highest BCUT2D eigenvalue weighted by atomic mass is 16.5. The van der Waals surface area contributed by atoms with Gasteiger partial charge in [-0.1, -0.05) is 24.6 Å². The molecule has 4 rings (SSSR count). The van der Waals surface area contributed by atoms with Crippen LogP contribution in [0.5, 0.6) is 17.6 Å². The minimum atomic E-state index is -0.993. The third-order valence-electron chi connectivity index (χ3n) is 6.43. The predicted molar refractivity (Wildman–Crippen MR) is 108 cm³/mol. The Morgan fingerprint density at radius 3 is 2.45 bits per heavy atom. The number of likely N-dealkylation sites (tertiary alicyclic amines) is 1. The molecule has 156 valence electrons. The van der Waals surface area contributed by atoms with Gasteiger partial charge in [-0.2, -0.15) is 4.98 Å². The molecule has 2 heterocycles. The Bertz CT molecular complexity index is 846. The van der Waals surface area contributed by atoms with Crippen molar-refractivity contribution in [1.29, 1.82) is 0 Å². The van der Waals surface area contributed by atoms with Crippen LogP contribution in [0.2, 0.25) is 0 Å². The molecule has 2 fully saturated rings. The SMILES string of the molecule is COc1ncc(C2(O)[C@@H]3CCC[C@H]2CN(Cc2ccccc2OC)C3)c(OC)n1. The largest absolute Gasteiger partial charge is 0.496 e. The number of fused-ring (bicyclic) bond motifs is 2. The van der Waals surface area contributed by atoms with Gasteiger partial charge in [0.2, 0.25) is 5.88 Å². The van der Waals surface area contributed by atoms with E-state index in [0.29, 0.717) is 11.4 Å². The van der Waals surface area contributed by atoms with Crippen LogP contribution in [0.1, 0.15) is 30.4 Å². The van der Waals surface area contributed by atoms with E-state index in [0.717, 1.165) is 44.6 Å². The molecule has 1 aromatic carbocycles. The Kier molecular flexibility index (Phi) is 5.61. The normalized spacial score (nSPS) is 26.8. The van der Waals surface area contributed by atoms with Crippen LogP contribution < -0.4 is 14.2 Å². The zero-order valence-electron chi connectivity index (χ0n) is 17.3. The van der Waals surface area contributed by atoms with Crippen molar-refractivity contribution in [1.82, 2.24) is 14.9 Å². The van der Waals surface area contributed by atoms with Gasteiger partial charge >= 0.3 is 6.01 Å². The predicted octanol–water partition coefficient (Wildman–Crippen LogP) is 2.62. The highest BCUT2D eigenvalue weighted by molar-refractivity contribution is 5.35. The zero-order chi connectivity index (χ0) is 20.4. The lowest BCUT2D eigenvalue weighted by Gasteiger charge is -2.53. The summed E-state index contributed by atoms with van der Waals surface area (Å²) in [7, 11) is 4.80. The summed E-state index contributed by atoms with van der Waals surface area (Å²) in [6.07, 6.45) is 4.72. The van der Waals surface area contributed by atoms with Crippen molar-refractivity contribution in [3.63, 3.8) is 0 Å². The minimum absolute atomic E-state index is 0.0932. The van der Waals surface area contributed by atoms with Gasteiger partial charge in [0.25, 0.3) is 0 Å². The Morgan fingerprint density at radius 2 is 1.79 bits per heavy atom. The molecular formula is C22H29N3O4. The number of hydrogen-bond donors (Lipinski definition) is 1. The molecule has 1 aliphatic heterocycles. The molecule has 1 aromatic heterocycles. The summed E-state index contributed by atoms with van der Waals surface area (Å²) in [5.41, 5.74) is 0.851. The van der Waals surface area contributed by atoms with Gasteiger partial charge in [-0.3, -0.25) is 4.90 Å². The lowest BCUT2D eigenvalue weighted by atomic mass is 9.63. The average Bonchev–Trinajstić information content (AvgIpc) is 2.74. The number of piperidine rings is 1. The standard InChI is InChI=1S/C22H29N3O4/c1-27-19-10-5-4-7-15(19)12-25-13-16-8-6-9-17(14-25)22(16,26)18-11-23-21(29-3)24-20(18)28-2/h4-5,7,10-11,16-17,26H,6,8-9,12-14H2,1-3H3/t16-,17+,22?. The minimum Gasteiger partial charge on any atom is -0.496 e. The average molecular weight is 399 g/mol. The maximum atomic E-state index is 11.9. The molecule has 1 N–H and O–H groups in total. The molecule has 0 spiro atoms. The summed E-state index contributed by atoms with van der Waals surface area (Å²) >= 11 is 0. The quantitative estimate of drug-likeness (QED) is 0.800. The molecule has 29 heavy (non-hydrogen) atoms. The molecule has 2 aromatic rings. The van der Waals surface area contributed by atoms with Gasteiger partial charge in [-0.05, 0) is 18.9 Å². The maximum Gasteiger partial charge on any atom is 0.319 e. The van der Waals surface area contributed by atoms with Crippen LogP contribution in [0.4, 0.5) is 0 Å². The number of nitrogens with zero attached hydrogens (tertiary/aromatic N) is 3. The van der Waals surface area contributed by atoms with E-state index in [2.05, 4.69) is 20.9 Å². The fraction of sp³-hybridized carbons (Fsp3) is 0.545. The number of ether oxygens (including phenoxy) is 3. The molecule has 2 bridgehead atoms. The lowest BCUT2D eigenvalue weighted by molar-refractivity contribution is -0.149. The first kappa shape index (κ1) is 19.9. The highest BCUT2D eigenvalue weighted by Crippen LogP contribution is 2.51. The molecule has 1 unspecified atom stereocenters. The van der Waals surface area contributed by atoms with Gasteiger partial charge in [0.05, 0.1) is 26.9 Å². The zero-order valence-corrected chi connectivity index (χ0v) is 17.3. The summed E-state index contributed by atoms with van der Waals surface area (Å²) < 4.78 is 16.2. The van der Waals surface area contributed by atoms with Gasteiger partial charge < -0.3 is 19.3 Å². The van der Waals surface area contributed by atoms with Gasteiger partial charge in [0, 0.05) is 43.2 Å². The van der Waals surface area contributed by atoms with Gasteiger partial charge in [0.15, 0.2) is 0 Å². The monoisotopic (exact) mass is 399 g/mol. The molecule has 0 amide bonds. The van der Waals surface area contributed by atoms with E-state index in [1.54, 1.807) is 20.4 Å². The lowest BCUT2D eigenvalue weighted by Crippen LogP contribution is -2.58. The van der Waals surface area contributed by atoms with Crippen molar-refractivity contribution in [2.75, 3.05) is 34.4 Å². The summed E-state index contributed by atoms with van der Waals surface area (Å²) in [6, 6.07) is 8.37. The highest BCUT2D eigenvalue weighted by Gasteiger charge is 2.53. The van der Waals surface area contributed by atoms with E-state index in [9.17, 15) is 5.11 Å². The van der Waals surface area contributed by atoms with Crippen molar-refractivity contribution < 1.29 is 19.3 Å². The molecule has 1 saturated heterocycles. The van der Waals surface area contributed by atoms with E-state index in [4.69, 9.17) is 14.2 Å². The second-order valence-electron chi connectivity index (χ2n) is 7.94. The van der Waals surface area contributed by atoms with Gasteiger partial charge in [0.1, 0.15) is 11.4 Å². The van der Waals surface area contributed by atoms with Crippen LogP contribution in [-0.4, -0.2) is 54.4 Å². The second-order valence-corrected chi connectivity index (χ2v) is 7.94. The number of hydrogen-bond acceptors (Lipinski definition) is 7. The topological polar surface area (TPSA) is 76.9 Å². The molecule has 1 aliphatic carbocycles. The number of aromatic nitrogens is 2. The van der Waals surface area contributed by atoms with E-state index < -0.39 is 5.60 Å². The molecule has 7 heteroatoms. The van der Waals surface area contributed by atoms with Gasteiger partial charge in [-0.25, -0.2) is 4.98 Å². The van der Waals surface area contributed by atoms with Crippen molar-refractivity contribution in [2.45, 2.75) is 31.4 Å². The first-order chi connectivity index (χ1) is 14.1. The van der Waals surface area contributed by atoms with E-state index in [1.165, 1.54) is 12.7 Å². The number of methoxy groups -OCH3 is 3. The fourth-order valence-electron chi connectivity index (χ4n) is 5.07. The van der Waals surface area contributed by atoms with Crippen LogP contribution in [-0.2, 0) is 12.1 Å². The third-order valence-corrected chi connectivity index (χ3v) is 6.43. The number of aliphatic hydroxyl groups is 1. The van der Waals surface area contributed by atoms with E-state index >= 15 is 0 Å². The van der Waals surface area contributed by atoms with Crippen LogP contribution in [0, 0.1) is 11.8 Å². The smallest absolute Gasteiger partial charge is 0.319 e. The van der Waals surface area contributed by atoms with E-state index in [-0.39, 0.29) is 17.8 Å². The Labute approximate surface area is 171 Å². The first-order valence-corrected chi connectivity index (χ1v) is 10.1. The summed E-state index contributed by atoms with van der Waals surface area (Å²) in [6.45, 7) is 2.42.